The van der Waals surface area contributed by atoms with Gasteiger partial charge in [0.15, 0.2) is 5.78 Å². The van der Waals surface area contributed by atoms with Crippen LogP contribution in [-0.4, -0.2) is 103 Å². The fourth-order valence-electron chi connectivity index (χ4n) is 14.6. The van der Waals surface area contributed by atoms with Gasteiger partial charge in [-0.2, -0.15) is 0 Å². The number of phenols is 3. The molecule has 0 unspecified atom stereocenters. The highest BCUT2D eigenvalue weighted by atomic mass is 79.9. The predicted molar refractivity (Wildman–Crippen MR) is 514 cm³/mol. The summed E-state index contributed by atoms with van der Waals surface area (Å²) in [4.78, 5) is 32.2. The highest BCUT2D eigenvalue weighted by Gasteiger charge is 2.54. The Kier molecular flexibility index (Phi) is 38.3. The zero-order valence-corrected chi connectivity index (χ0v) is 84.2. The molecular formula is C101H154BBr3N2O13. The van der Waals surface area contributed by atoms with Crippen LogP contribution in [0.15, 0.2) is 119 Å². The number of rotatable bonds is 11. The van der Waals surface area contributed by atoms with Crippen molar-refractivity contribution in [3.8, 4) is 28.7 Å². The molecule has 670 valence electrons. The molecular weight excluding hydrogens is 1700 g/mol. The fourth-order valence-corrected chi connectivity index (χ4v) is 15.5. The predicted octanol–water partition coefficient (Wildman–Crippen LogP) is 25.7. The Morgan fingerprint density at radius 3 is 1.06 bits per heavy atom. The second-order valence-electron chi connectivity index (χ2n) is 43.6. The number of aliphatic hydroxyl groups excluding tert-OH is 2. The lowest BCUT2D eigenvalue weighted by atomic mass is 9.67. The first-order valence-electron chi connectivity index (χ1n) is 41.4. The number of ether oxygens (including phenoxy) is 2. The van der Waals surface area contributed by atoms with Gasteiger partial charge in [0.05, 0.1) is 30.5 Å². The zero-order chi connectivity index (χ0) is 92.4. The molecule has 0 spiro atoms. The van der Waals surface area contributed by atoms with E-state index in [1.807, 2.05) is 65.8 Å². The number of methoxy groups -OCH3 is 1. The number of aromatic hydroxyl groups is 3. The normalized spacial score (nSPS) is 16.5. The molecule has 0 radical (unpaired) electrons. The van der Waals surface area contributed by atoms with Crippen LogP contribution in [0.5, 0.6) is 28.7 Å². The number of carbonyl (C=O) groups excluding carboxylic acids is 2. The van der Waals surface area contributed by atoms with Gasteiger partial charge in [-0.15, -0.1) is 0 Å². The second kappa shape index (κ2) is 41.8. The zero-order valence-electron chi connectivity index (χ0n) is 79.5. The number of benzene rings is 6. The molecule has 19 heteroatoms. The van der Waals surface area contributed by atoms with Gasteiger partial charge >= 0.3 is 13.1 Å². The van der Waals surface area contributed by atoms with Gasteiger partial charge in [-0.1, -0.05) is 282 Å². The van der Waals surface area contributed by atoms with E-state index in [-0.39, 0.29) is 109 Å². The number of aromatic carboxylic acids is 1. The van der Waals surface area contributed by atoms with E-state index in [9.17, 15) is 34.8 Å². The second-order valence-corrected chi connectivity index (χ2v) is 45.6. The van der Waals surface area contributed by atoms with E-state index < -0.39 is 12.6 Å². The third kappa shape index (κ3) is 32.4. The molecule has 8 N–H and O–H groups in total. The Labute approximate surface area is 750 Å². The lowest BCUT2D eigenvalue weighted by molar-refractivity contribution is -0.120. The van der Waals surface area contributed by atoms with Crippen LogP contribution in [-0.2, 0) is 74.7 Å². The van der Waals surface area contributed by atoms with Crippen molar-refractivity contribution in [3.05, 3.63) is 197 Å². The summed E-state index contributed by atoms with van der Waals surface area (Å²) in [6, 6.07) is 29.9. The minimum Gasteiger partial charge on any atom is -0.507 e. The lowest BCUT2D eigenvalue weighted by Crippen LogP contribution is -2.55. The van der Waals surface area contributed by atoms with Crippen molar-refractivity contribution in [3.63, 3.8) is 0 Å². The highest BCUT2D eigenvalue weighted by Crippen LogP contribution is 2.47. The number of hydrogen-bond donors (Lipinski definition) is 8. The maximum Gasteiger partial charge on any atom is 0.490 e. The van der Waals surface area contributed by atoms with E-state index in [1.54, 1.807) is 55.6 Å². The Bertz CT molecular complexity index is 4230. The van der Waals surface area contributed by atoms with E-state index in [2.05, 4.69) is 303 Å². The summed E-state index contributed by atoms with van der Waals surface area (Å²) < 4.78 is 23.9. The van der Waals surface area contributed by atoms with Crippen molar-refractivity contribution in [2.75, 3.05) is 13.7 Å². The molecule has 9 rings (SSSR count). The monoisotopic (exact) mass is 1850 g/mol. The van der Waals surface area contributed by atoms with Crippen LogP contribution < -0.4 is 20.1 Å². The molecule has 3 aliphatic rings. The highest BCUT2D eigenvalue weighted by molar-refractivity contribution is 9.10. The summed E-state index contributed by atoms with van der Waals surface area (Å²) >= 11 is 10.3. The number of halogens is 3. The van der Waals surface area contributed by atoms with Gasteiger partial charge < -0.3 is 60.1 Å². The lowest BCUT2D eigenvalue weighted by Gasteiger charge is -2.41. The number of aliphatic hydroxyl groups is 2. The van der Waals surface area contributed by atoms with Gasteiger partial charge in [0.1, 0.15) is 35.4 Å². The van der Waals surface area contributed by atoms with E-state index in [0.717, 1.165) is 78.2 Å². The van der Waals surface area contributed by atoms with Crippen LogP contribution in [0.4, 0.5) is 0 Å². The number of Topliss-reactive ketones (excluding diaryl/α,β-unsaturated/α-hetero) is 1. The molecule has 120 heavy (non-hydrogen) atoms. The van der Waals surface area contributed by atoms with Crippen molar-refractivity contribution < 1.29 is 63.8 Å². The Morgan fingerprint density at radius 1 is 0.467 bits per heavy atom. The van der Waals surface area contributed by atoms with Crippen molar-refractivity contribution in [1.82, 2.24) is 10.6 Å². The summed E-state index contributed by atoms with van der Waals surface area (Å²) in [7, 11) is 1.55. The Hall–Kier alpha value is -6.13. The molecule has 0 amide bonds. The van der Waals surface area contributed by atoms with E-state index >= 15 is 0 Å². The number of hydrogen-bond acceptors (Lipinski definition) is 14. The third-order valence-corrected chi connectivity index (χ3v) is 22.8. The van der Waals surface area contributed by atoms with Gasteiger partial charge in [0.25, 0.3) is 6.47 Å². The molecule has 15 nitrogen and oxygen atoms in total. The van der Waals surface area contributed by atoms with Crippen molar-refractivity contribution in [2.45, 2.75) is 363 Å². The average molecular weight is 1850 g/mol. The van der Waals surface area contributed by atoms with E-state index in [1.165, 1.54) is 33.3 Å². The van der Waals surface area contributed by atoms with Crippen LogP contribution in [0.2, 0.25) is 0 Å². The minimum atomic E-state index is -0.883. The van der Waals surface area contributed by atoms with Crippen LogP contribution in [0.25, 0.3) is 5.57 Å². The number of nitrogens with one attached hydrogen (secondary N) is 2. The topological polar surface area (TPSA) is 234 Å². The maximum absolute atomic E-state index is 10.9. The summed E-state index contributed by atoms with van der Waals surface area (Å²) in [5.74, 6) is 1.48. The molecule has 0 atom stereocenters. The van der Waals surface area contributed by atoms with Crippen LogP contribution >= 0.6 is 47.8 Å². The van der Waals surface area contributed by atoms with Gasteiger partial charge in [0.2, 0.25) is 0 Å². The number of carboxylic acid groups (broad SMARTS) is 1. The van der Waals surface area contributed by atoms with Gasteiger partial charge in [0, 0.05) is 65.1 Å². The van der Waals surface area contributed by atoms with Crippen molar-refractivity contribution in [2.24, 2.45) is 0 Å². The number of carboxylic acids is 1. The van der Waals surface area contributed by atoms with Crippen molar-refractivity contribution >= 4 is 78.7 Å². The first-order chi connectivity index (χ1) is 53.6. The fraction of sp³-hybridized carbons (Fsp3) is 0.574. The summed E-state index contributed by atoms with van der Waals surface area (Å²) in [6.07, 6.45) is 6.38. The van der Waals surface area contributed by atoms with Gasteiger partial charge in [-0.3, -0.25) is 9.59 Å². The maximum atomic E-state index is 10.9. The quantitative estimate of drug-likeness (QED) is 0.0261. The SMILES string of the molecule is C.CC(C)(C)c1cc(CBr)cc(C(C)(C)C)c1O.CC(C)(C)c1cc(CO)cc(C(C)(C)C)c1O.CC(C)(C)c1cc(OC=O)cc(C(C)(C)C)c1O.CC1(C)C=C(B2OC(C)(C)C(C)(C)O2)CC(C)(C)N1.CC1(C)C=C(c2ccc(C(=O)O)cc2)CC(C)(C)N1.COc1c(C(C)(C)C)cc(CBr)cc1C(C)(C)C.O=C(CO)c1ccc(Br)cc1. The van der Waals surface area contributed by atoms with Crippen LogP contribution in [0.3, 0.4) is 0 Å². The molecule has 0 bridgehead atoms. The first kappa shape index (κ1) is 110. The summed E-state index contributed by atoms with van der Waals surface area (Å²) in [5, 5.41) is 67.0. The summed E-state index contributed by atoms with van der Waals surface area (Å²) in [5.41, 5.74) is 14.8. The smallest absolute Gasteiger partial charge is 0.490 e. The molecule has 0 aromatic heterocycles. The average Bonchev–Trinajstić information content (AvgIpc) is 1.63. The van der Waals surface area contributed by atoms with Gasteiger partial charge in [-0.05, 0) is 243 Å². The molecule has 0 aliphatic carbocycles. The van der Waals surface area contributed by atoms with Crippen LogP contribution in [0, 0.1) is 0 Å². The molecule has 3 aliphatic heterocycles. The molecule has 6 aromatic carbocycles. The third-order valence-electron chi connectivity index (χ3n) is 21.0. The number of carbonyl (C=O) groups is 3. The standard InChI is InChI=1S/C16H25BrO.C16H21NO2.C15H28BNO2.C15H23BrO.C15H22O3.C15H24O2.C8H7BrO2.CH4/c1-15(2,3)12-8-11(10-17)9-13(14(12)18-7)16(4,5)6;1-15(2)9-13(10-16(3,4)17-15)11-5-7-12(8-6-11)14(18)19;1-12(2)9-11(10-13(3,4)17-12)16-18-14(5,6)15(7,8)19-16;1-14(2,3)11-7-10(9-16)8-12(13(11)17)15(4,5)6;1-14(2,3)11-7-10(18-9-16)8-12(13(11)17)15(4,5)6;1-14(2,3)11-7-10(9-16)8-12(13(11)17)15(4,5)6;9-7-3-1-6(2-4-7)8(11)5-10;/h8-9H,10H2,1-7H3;5-9,17H,10H2,1-4H3,(H,18,19);9,17H,10H2,1-8H3;7-8,17H,9H2,1-6H3;7-9,17H,1-6H3;7-8,16-17H,9H2,1-6H3;1-4,10H,5H2;1H4. The van der Waals surface area contributed by atoms with E-state index in [0.29, 0.717) is 34.8 Å². The van der Waals surface area contributed by atoms with Crippen LogP contribution in [0.1, 0.15) is 357 Å². The van der Waals surface area contributed by atoms with Crippen molar-refractivity contribution in [1.29, 1.82) is 0 Å². The number of ketones is 1. The molecule has 6 aromatic rings. The molecule has 1 fully saturated rings. The Morgan fingerprint density at radius 2 is 0.775 bits per heavy atom. The number of phenolic OH excluding ortho intramolecular Hbond substituents is 3. The van der Waals surface area contributed by atoms with E-state index in [4.69, 9.17) is 29.0 Å². The minimum absolute atomic E-state index is 0. The largest absolute Gasteiger partial charge is 0.507 e. The number of alkyl halides is 2. The van der Waals surface area contributed by atoms with Gasteiger partial charge in [-0.25, -0.2) is 4.79 Å². The molecule has 3 heterocycles. The molecule has 1 saturated heterocycles. The molecule has 0 saturated carbocycles. The first-order valence-corrected chi connectivity index (χ1v) is 44.4. The summed E-state index contributed by atoms with van der Waals surface area (Å²) in [6.45, 7) is 76.6. The Balaban J connectivity index is 0.000000476.